The maximum Gasteiger partial charge on any atom is 0.337 e. The van der Waals surface area contributed by atoms with E-state index < -0.39 is 0 Å². The minimum atomic E-state index is -0.262. The Labute approximate surface area is 95.5 Å². The van der Waals surface area contributed by atoms with Crippen LogP contribution in [0, 0.1) is 0 Å². The van der Waals surface area contributed by atoms with E-state index in [1.54, 1.807) is 6.08 Å². The van der Waals surface area contributed by atoms with Gasteiger partial charge in [0.05, 0.1) is 12.7 Å². The Morgan fingerprint density at radius 2 is 2.38 bits per heavy atom. The molecule has 1 aliphatic rings. The number of hydrogen-bond donors (Lipinski definition) is 0. The van der Waals surface area contributed by atoms with Crippen molar-refractivity contribution in [3.05, 3.63) is 23.9 Å². The molecule has 0 aromatic rings. The quantitative estimate of drug-likeness (QED) is 0.572. The van der Waals surface area contributed by atoms with Gasteiger partial charge in [-0.2, -0.15) is 0 Å². The van der Waals surface area contributed by atoms with Crippen molar-refractivity contribution in [2.24, 2.45) is 0 Å². The molecule has 1 aliphatic heterocycles. The molecule has 0 amide bonds. The molecule has 4 heteroatoms. The average Bonchev–Trinajstić information content (AvgIpc) is 2.17. The van der Waals surface area contributed by atoms with Crippen LogP contribution in [0.3, 0.4) is 0 Å². The maximum atomic E-state index is 11.0. The van der Waals surface area contributed by atoms with Gasteiger partial charge in [-0.15, -0.1) is 24.0 Å². The summed E-state index contributed by atoms with van der Waals surface area (Å²) in [5, 5.41) is 0. The van der Waals surface area contributed by atoms with Crippen molar-refractivity contribution in [2.45, 2.75) is 6.92 Å². The van der Waals surface area contributed by atoms with E-state index in [1.807, 2.05) is 12.3 Å². The van der Waals surface area contributed by atoms with Crippen LogP contribution in [-0.4, -0.2) is 31.1 Å². The first-order valence-corrected chi connectivity index (χ1v) is 3.98. The predicted octanol–water partition coefficient (Wildman–Crippen LogP) is 1.55. The summed E-state index contributed by atoms with van der Waals surface area (Å²) in [6.07, 6.45) is 5.56. The summed E-state index contributed by atoms with van der Waals surface area (Å²) in [4.78, 5) is 13.1. The highest BCUT2D eigenvalue weighted by atomic mass is 127. The number of nitrogens with zero attached hydrogens (tertiary/aromatic N) is 1. The third-order valence-electron chi connectivity index (χ3n) is 1.84. The molecule has 0 bridgehead atoms. The molecule has 0 unspecified atom stereocenters. The fourth-order valence-corrected chi connectivity index (χ4v) is 1.03. The monoisotopic (exact) mass is 295 g/mol. The summed E-state index contributed by atoms with van der Waals surface area (Å²) in [5.74, 6) is -0.262. The number of methoxy groups -OCH3 is 1. The summed E-state index contributed by atoms with van der Waals surface area (Å²) in [6.45, 7) is 3.82. The number of halogens is 1. The molecular weight excluding hydrogens is 281 g/mol. The lowest BCUT2D eigenvalue weighted by atomic mass is 10.2. The predicted molar refractivity (Wildman–Crippen MR) is 61.9 cm³/mol. The van der Waals surface area contributed by atoms with Crippen LogP contribution in [0.2, 0.25) is 0 Å². The molecule has 0 radical (unpaired) electrons. The Kier molecular flexibility index (Phi) is 5.77. The zero-order chi connectivity index (χ0) is 8.97. The molecule has 3 nitrogen and oxygen atoms in total. The van der Waals surface area contributed by atoms with Crippen LogP contribution in [0.5, 0.6) is 0 Å². The Balaban J connectivity index is 0.00000144. The summed E-state index contributed by atoms with van der Waals surface area (Å²) in [5.41, 5.74) is 0.641. The van der Waals surface area contributed by atoms with Gasteiger partial charge in [0.2, 0.25) is 0 Å². The van der Waals surface area contributed by atoms with Crippen LogP contribution >= 0.6 is 24.0 Å². The minimum absolute atomic E-state index is 0. The van der Waals surface area contributed by atoms with Gasteiger partial charge in [0.1, 0.15) is 0 Å². The number of carbonyl (C=O) groups is 1. The summed E-state index contributed by atoms with van der Waals surface area (Å²) < 4.78 is 4.58. The van der Waals surface area contributed by atoms with E-state index in [0.29, 0.717) is 5.57 Å². The molecule has 1 rings (SSSR count). The summed E-state index contributed by atoms with van der Waals surface area (Å²) in [6, 6.07) is 0. The zero-order valence-corrected chi connectivity index (χ0v) is 10.1. The van der Waals surface area contributed by atoms with Crippen molar-refractivity contribution < 1.29 is 9.53 Å². The fourth-order valence-electron chi connectivity index (χ4n) is 1.03. The Bertz CT molecular complexity index is 236. The Morgan fingerprint density at radius 1 is 1.69 bits per heavy atom. The van der Waals surface area contributed by atoms with Crippen LogP contribution in [0.25, 0.3) is 0 Å². The van der Waals surface area contributed by atoms with E-state index in [9.17, 15) is 4.79 Å². The van der Waals surface area contributed by atoms with Gasteiger partial charge in [-0.05, 0) is 13.0 Å². The first kappa shape index (κ1) is 12.5. The van der Waals surface area contributed by atoms with Crippen molar-refractivity contribution in [2.75, 3.05) is 20.2 Å². The highest BCUT2D eigenvalue weighted by molar-refractivity contribution is 14.0. The molecule has 74 valence electrons. The third-order valence-corrected chi connectivity index (χ3v) is 1.84. The average molecular weight is 295 g/mol. The maximum absolute atomic E-state index is 11.0. The lowest BCUT2D eigenvalue weighted by Crippen LogP contribution is -2.21. The number of esters is 1. The molecule has 0 fully saturated rings. The van der Waals surface area contributed by atoms with Gasteiger partial charge in [-0.1, -0.05) is 6.08 Å². The molecule has 0 aliphatic carbocycles. The van der Waals surface area contributed by atoms with Gasteiger partial charge in [0.15, 0.2) is 0 Å². The van der Waals surface area contributed by atoms with Gasteiger partial charge in [0, 0.05) is 19.3 Å². The lowest BCUT2D eigenvalue weighted by Gasteiger charge is -2.19. The van der Waals surface area contributed by atoms with Crippen LogP contribution < -0.4 is 0 Å². The van der Waals surface area contributed by atoms with Gasteiger partial charge >= 0.3 is 5.97 Å². The minimum Gasteiger partial charge on any atom is -0.465 e. The second kappa shape index (κ2) is 6.01. The van der Waals surface area contributed by atoms with Crippen molar-refractivity contribution in [3.63, 3.8) is 0 Å². The first-order chi connectivity index (χ1) is 5.77. The number of hydrogen-bond acceptors (Lipinski definition) is 3. The fraction of sp³-hybridized carbons (Fsp3) is 0.444. The van der Waals surface area contributed by atoms with E-state index in [0.717, 1.165) is 13.1 Å². The van der Waals surface area contributed by atoms with Crippen molar-refractivity contribution in [1.82, 2.24) is 4.90 Å². The smallest absolute Gasteiger partial charge is 0.337 e. The van der Waals surface area contributed by atoms with Crippen molar-refractivity contribution >= 4 is 29.9 Å². The van der Waals surface area contributed by atoms with Crippen molar-refractivity contribution in [3.8, 4) is 0 Å². The van der Waals surface area contributed by atoms with Crippen LogP contribution in [0.4, 0.5) is 0 Å². The SMILES string of the molecule is CCN1C=CC(C(=O)OC)=CC1.I. The summed E-state index contributed by atoms with van der Waals surface area (Å²) in [7, 11) is 1.39. The Hall–Kier alpha value is -0.520. The molecule has 0 atom stereocenters. The third kappa shape index (κ3) is 3.38. The molecule has 0 spiro atoms. The van der Waals surface area contributed by atoms with Gasteiger partial charge < -0.3 is 9.64 Å². The molecule has 0 saturated carbocycles. The number of rotatable bonds is 2. The van der Waals surface area contributed by atoms with Gasteiger partial charge in [0.25, 0.3) is 0 Å². The van der Waals surface area contributed by atoms with E-state index in [2.05, 4.69) is 16.6 Å². The van der Waals surface area contributed by atoms with Crippen molar-refractivity contribution in [1.29, 1.82) is 0 Å². The molecule has 0 aromatic heterocycles. The van der Waals surface area contributed by atoms with E-state index in [-0.39, 0.29) is 29.9 Å². The molecular formula is C9H14INO2. The van der Waals surface area contributed by atoms with Gasteiger partial charge in [-0.3, -0.25) is 0 Å². The molecule has 13 heavy (non-hydrogen) atoms. The second-order valence-corrected chi connectivity index (χ2v) is 2.55. The summed E-state index contributed by atoms with van der Waals surface area (Å²) >= 11 is 0. The first-order valence-electron chi connectivity index (χ1n) is 3.98. The number of ether oxygens (including phenoxy) is 1. The van der Waals surface area contributed by atoms with E-state index >= 15 is 0 Å². The normalized spacial score (nSPS) is 14.6. The molecule has 0 saturated heterocycles. The van der Waals surface area contributed by atoms with E-state index in [4.69, 9.17) is 0 Å². The highest BCUT2D eigenvalue weighted by Gasteiger charge is 2.09. The van der Waals surface area contributed by atoms with Gasteiger partial charge in [-0.25, -0.2) is 4.79 Å². The second-order valence-electron chi connectivity index (χ2n) is 2.55. The zero-order valence-electron chi connectivity index (χ0n) is 7.82. The largest absolute Gasteiger partial charge is 0.465 e. The van der Waals surface area contributed by atoms with Crippen LogP contribution in [0.1, 0.15) is 6.92 Å². The Morgan fingerprint density at radius 3 is 2.77 bits per heavy atom. The number of carbonyl (C=O) groups excluding carboxylic acids is 1. The lowest BCUT2D eigenvalue weighted by molar-refractivity contribution is -0.135. The van der Waals surface area contributed by atoms with Crippen LogP contribution in [-0.2, 0) is 9.53 Å². The van der Waals surface area contributed by atoms with Crippen LogP contribution in [0.15, 0.2) is 23.9 Å². The molecule has 0 aromatic carbocycles. The standard InChI is InChI=1S/C9H13NO2.HI/c1-3-10-6-4-8(5-7-10)9(11)12-2;/h4-6H,3,7H2,1-2H3;1H. The molecule has 0 N–H and O–H groups in total. The highest BCUT2D eigenvalue weighted by Crippen LogP contribution is 2.07. The topological polar surface area (TPSA) is 29.5 Å². The molecule has 1 heterocycles. The van der Waals surface area contributed by atoms with E-state index in [1.165, 1.54) is 7.11 Å². The number of likely N-dealkylation sites (N-methyl/N-ethyl adjacent to an activating group) is 1.